The monoisotopic (exact) mass is 361 g/mol. The maximum absolute atomic E-state index is 12.4. The van der Waals surface area contributed by atoms with Crippen LogP contribution >= 0.6 is 11.6 Å². The summed E-state index contributed by atoms with van der Waals surface area (Å²) in [5, 5.41) is 3.92. The molecule has 0 saturated carbocycles. The summed E-state index contributed by atoms with van der Waals surface area (Å²) in [7, 11) is 1.58. The smallest absolute Gasteiger partial charge is 0.329 e. The number of fused-ring (bicyclic) bond motifs is 1. The molecule has 3 rings (SSSR count). The molecule has 0 spiro atoms. The predicted molar refractivity (Wildman–Crippen MR) is 99.5 cm³/mol. The molecule has 0 fully saturated rings. The molecule has 0 bridgehead atoms. The van der Waals surface area contributed by atoms with Crippen molar-refractivity contribution in [1.82, 2.24) is 19.1 Å². The van der Waals surface area contributed by atoms with Crippen LogP contribution in [0.25, 0.3) is 11.2 Å². The van der Waals surface area contributed by atoms with E-state index in [4.69, 9.17) is 11.6 Å². The van der Waals surface area contributed by atoms with Crippen molar-refractivity contribution in [1.29, 1.82) is 0 Å². The molecule has 8 heteroatoms. The zero-order valence-corrected chi connectivity index (χ0v) is 15.1. The van der Waals surface area contributed by atoms with Gasteiger partial charge in [0.2, 0.25) is 5.95 Å². The third-order valence-corrected chi connectivity index (χ3v) is 4.65. The molecule has 0 amide bonds. The van der Waals surface area contributed by atoms with E-state index in [-0.39, 0.29) is 6.04 Å². The van der Waals surface area contributed by atoms with Gasteiger partial charge in [-0.05, 0) is 25.0 Å². The van der Waals surface area contributed by atoms with Gasteiger partial charge in [0.1, 0.15) is 0 Å². The second kappa shape index (κ2) is 6.76. The number of hydrogen-bond donors (Lipinski definition) is 2. The van der Waals surface area contributed by atoms with Crippen LogP contribution < -0.4 is 16.6 Å². The van der Waals surface area contributed by atoms with Crippen LogP contribution in [0.5, 0.6) is 0 Å². The molecule has 132 valence electrons. The largest absolute Gasteiger partial charge is 0.353 e. The highest BCUT2D eigenvalue weighted by Gasteiger charge is 2.19. The summed E-state index contributed by atoms with van der Waals surface area (Å²) >= 11 is 6.28. The number of benzene rings is 1. The summed E-state index contributed by atoms with van der Waals surface area (Å²) in [4.78, 5) is 31.1. The topological polar surface area (TPSA) is 84.7 Å². The first-order chi connectivity index (χ1) is 11.9. The maximum atomic E-state index is 12.4. The molecular formula is C17H20ClN5O2. The summed E-state index contributed by atoms with van der Waals surface area (Å²) in [6, 6.07) is 7.61. The fourth-order valence-corrected chi connectivity index (χ4v) is 2.81. The lowest BCUT2D eigenvalue weighted by molar-refractivity contribution is 0.729. The standard InChI is InChI=1S/C17H20ClN5O2/c1-4-10(2)19-16-20-14-13(15(24)21-17(25)22(14)3)23(16)9-11-7-5-6-8-12(11)18/h5-8,10H,4,9H2,1-3H3,(H,19,20)(H,21,24,25)/t10-/m1/s1. The highest BCUT2D eigenvalue weighted by Crippen LogP contribution is 2.22. The summed E-state index contributed by atoms with van der Waals surface area (Å²) in [5.41, 5.74) is 0.591. The fourth-order valence-electron chi connectivity index (χ4n) is 2.62. The average molecular weight is 362 g/mol. The van der Waals surface area contributed by atoms with Gasteiger partial charge >= 0.3 is 5.69 Å². The van der Waals surface area contributed by atoms with Gasteiger partial charge in [0.05, 0.1) is 6.54 Å². The lowest BCUT2D eigenvalue weighted by Gasteiger charge is -2.15. The van der Waals surface area contributed by atoms with Crippen molar-refractivity contribution in [3.63, 3.8) is 0 Å². The Kier molecular flexibility index (Phi) is 4.67. The van der Waals surface area contributed by atoms with Crippen molar-refractivity contribution in [2.24, 2.45) is 7.05 Å². The Morgan fingerprint density at radius 3 is 2.72 bits per heavy atom. The molecule has 2 heterocycles. The summed E-state index contributed by atoms with van der Waals surface area (Å²) in [6.45, 7) is 4.46. The Labute approximate surface area is 149 Å². The molecule has 1 aromatic carbocycles. The minimum Gasteiger partial charge on any atom is -0.353 e. The molecule has 0 aliphatic heterocycles. The molecule has 7 nitrogen and oxygen atoms in total. The number of rotatable bonds is 5. The molecule has 0 aliphatic rings. The number of nitrogens with zero attached hydrogens (tertiary/aromatic N) is 3. The van der Waals surface area contributed by atoms with Crippen LogP contribution in [-0.2, 0) is 13.6 Å². The third-order valence-electron chi connectivity index (χ3n) is 4.28. The van der Waals surface area contributed by atoms with Crippen molar-refractivity contribution in [2.45, 2.75) is 32.9 Å². The quantitative estimate of drug-likeness (QED) is 0.730. The van der Waals surface area contributed by atoms with Gasteiger partial charge in [-0.1, -0.05) is 36.7 Å². The molecule has 0 aliphatic carbocycles. The minimum atomic E-state index is -0.491. The SMILES string of the molecule is CC[C@@H](C)Nc1nc2c(c(=O)[nH]c(=O)n2C)n1Cc1ccccc1Cl. The number of hydrogen-bond acceptors (Lipinski definition) is 4. The number of nitrogens with one attached hydrogen (secondary N) is 2. The maximum Gasteiger partial charge on any atom is 0.329 e. The van der Waals surface area contributed by atoms with E-state index in [1.807, 2.05) is 25.1 Å². The summed E-state index contributed by atoms with van der Waals surface area (Å²) in [5.74, 6) is 0.538. The Morgan fingerprint density at radius 1 is 1.32 bits per heavy atom. The lowest BCUT2D eigenvalue weighted by Crippen LogP contribution is -2.29. The van der Waals surface area contributed by atoms with Crippen LogP contribution in [0.4, 0.5) is 5.95 Å². The Balaban J connectivity index is 2.24. The number of aromatic amines is 1. The van der Waals surface area contributed by atoms with E-state index in [1.165, 1.54) is 4.57 Å². The molecule has 1 atom stereocenters. The van der Waals surface area contributed by atoms with E-state index in [2.05, 4.69) is 22.2 Å². The van der Waals surface area contributed by atoms with Gasteiger partial charge in [0.15, 0.2) is 11.2 Å². The highest BCUT2D eigenvalue weighted by atomic mass is 35.5. The van der Waals surface area contributed by atoms with Gasteiger partial charge < -0.3 is 5.32 Å². The molecule has 25 heavy (non-hydrogen) atoms. The van der Waals surface area contributed by atoms with Crippen LogP contribution in [0, 0.1) is 0 Å². The van der Waals surface area contributed by atoms with Gasteiger partial charge in [-0.15, -0.1) is 0 Å². The molecule has 2 aromatic heterocycles. The molecule has 0 radical (unpaired) electrons. The summed E-state index contributed by atoms with van der Waals surface area (Å²) < 4.78 is 3.10. The number of anilines is 1. The van der Waals surface area contributed by atoms with Gasteiger partial charge in [-0.2, -0.15) is 4.98 Å². The highest BCUT2D eigenvalue weighted by molar-refractivity contribution is 6.31. The number of aromatic nitrogens is 4. The first kappa shape index (κ1) is 17.3. The van der Waals surface area contributed by atoms with E-state index < -0.39 is 11.2 Å². The first-order valence-corrected chi connectivity index (χ1v) is 8.49. The van der Waals surface area contributed by atoms with Crippen molar-refractivity contribution >= 4 is 28.7 Å². The van der Waals surface area contributed by atoms with Crippen LogP contribution in [0.15, 0.2) is 33.9 Å². The van der Waals surface area contributed by atoms with E-state index in [0.29, 0.717) is 28.7 Å². The summed E-state index contributed by atoms with van der Waals surface area (Å²) in [6.07, 6.45) is 0.893. The molecule has 3 aromatic rings. The molecule has 0 saturated heterocycles. The first-order valence-electron chi connectivity index (χ1n) is 8.11. The van der Waals surface area contributed by atoms with Gasteiger partial charge in [-0.25, -0.2) is 4.79 Å². The minimum absolute atomic E-state index is 0.165. The number of aryl methyl sites for hydroxylation is 1. The third kappa shape index (κ3) is 3.19. The van der Waals surface area contributed by atoms with Crippen molar-refractivity contribution < 1.29 is 0 Å². The van der Waals surface area contributed by atoms with Crippen molar-refractivity contribution in [3.05, 3.63) is 55.7 Å². The van der Waals surface area contributed by atoms with Gasteiger partial charge in [0.25, 0.3) is 5.56 Å². The van der Waals surface area contributed by atoms with E-state index in [9.17, 15) is 9.59 Å². The lowest BCUT2D eigenvalue weighted by atomic mass is 10.2. The molecule has 0 unspecified atom stereocenters. The average Bonchev–Trinajstić information content (AvgIpc) is 2.93. The Bertz CT molecular complexity index is 1030. The fraction of sp³-hybridized carbons (Fsp3) is 0.353. The Morgan fingerprint density at radius 2 is 2.04 bits per heavy atom. The van der Waals surface area contributed by atoms with Crippen LogP contribution in [0.2, 0.25) is 5.02 Å². The Hall–Kier alpha value is -2.54. The van der Waals surface area contributed by atoms with Crippen LogP contribution in [0.1, 0.15) is 25.8 Å². The predicted octanol–water partition coefficient (Wildman–Crippen LogP) is 2.34. The molecule has 2 N–H and O–H groups in total. The number of halogens is 1. The number of imidazole rings is 1. The number of H-pyrrole nitrogens is 1. The van der Waals surface area contributed by atoms with Crippen molar-refractivity contribution in [2.75, 3.05) is 5.32 Å². The zero-order valence-electron chi connectivity index (χ0n) is 14.3. The second-order valence-electron chi connectivity index (χ2n) is 6.06. The van der Waals surface area contributed by atoms with E-state index in [0.717, 1.165) is 12.0 Å². The zero-order chi connectivity index (χ0) is 18.1. The van der Waals surface area contributed by atoms with Crippen LogP contribution in [-0.4, -0.2) is 25.1 Å². The second-order valence-corrected chi connectivity index (χ2v) is 6.46. The van der Waals surface area contributed by atoms with E-state index >= 15 is 0 Å². The normalized spacial score (nSPS) is 12.5. The van der Waals surface area contributed by atoms with Gasteiger partial charge in [0, 0.05) is 18.1 Å². The van der Waals surface area contributed by atoms with E-state index in [1.54, 1.807) is 17.7 Å². The van der Waals surface area contributed by atoms with Crippen molar-refractivity contribution in [3.8, 4) is 0 Å². The molecular weight excluding hydrogens is 342 g/mol. The van der Waals surface area contributed by atoms with Crippen LogP contribution in [0.3, 0.4) is 0 Å². The van der Waals surface area contributed by atoms with Gasteiger partial charge in [-0.3, -0.25) is 18.9 Å².